The van der Waals surface area contributed by atoms with Crippen molar-refractivity contribution in [3.8, 4) is 11.5 Å². The molecule has 0 N–H and O–H groups in total. The molecule has 116 valence electrons. The minimum Gasteiger partial charge on any atom is -0.411 e. The molecule has 3 aromatic rings. The fourth-order valence-electron chi connectivity index (χ4n) is 2.07. The first-order chi connectivity index (χ1) is 11.1. The van der Waals surface area contributed by atoms with Crippen LogP contribution in [0.1, 0.15) is 17.7 Å². The summed E-state index contributed by atoms with van der Waals surface area (Å²) in [6.07, 6.45) is 0. The van der Waals surface area contributed by atoms with Gasteiger partial charge in [0.05, 0.1) is 4.92 Å². The fourth-order valence-corrected chi connectivity index (χ4v) is 2.87. The van der Waals surface area contributed by atoms with Gasteiger partial charge in [0.1, 0.15) is 0 Å². The molecule has 1 atom stereocenters. The molecular formula is C16H13N3O3S. The highest BCUT2D eigenvalue weighted by atomic mass is 32.2. The largest absolute Gasteiger partial charge is 0.411 e. The normalized spacial score (nSPS) is 12.0. The maximum atomic E-state index is 10.9. The zero-order chi connectivity index (χ0) is 16.2. The highest BCUT2D eigenvalue weighted by Crippen LogP contribution is 2.36. The van der Waals surface area contributed by atoms with E-state index in [1.54, 1.807) is 12.1 Å². The highest BCUT2D eigenvalue weighted by Gasteiger charge is 2.16. The maximum Gasteiger partial charge on any atom is 0.277 e. The van der Waals surface area contributed by atoms with Crippen LogP contribution in [0.4, 0.5) is 5.69 Å². The molecule has 0 bridgehead atoms. The number of hydrogen-bond acceptors (Lipinski definition) is 6. The van der Waals surface area contributed by atoms with Gasteiger partial charge in [-0.25, -0.2) is 0 Å². The second-order valence-electron chi connectivity index (χ2n) is 4.85. The van der Waals surface area contributed by atoms with Crippen LogP contribution in [0.2, 0.25) is 0 Å². The molecule has 1 heterocycles. The zero-order valence-corrected chi connectivity index (χ0v) is 13.1. The van der Waals surface area contributed by atoms with E-state index in [1.165, 1.54) is 17.8 Å². The second-order valence-corrected chi connectivity index (χ2v) is 6.14. The third kappa shape index (κ3) is 3.57. The lowest BCUT2D eigenvalue weighted by Gasteiger charge is -2.08. The smallest absolute Gasteiger partial charge is 0.277 e. The first kappa shape index (κ1) is 15.2. The number of rotatable bonds is 5. The summed E-state index contributed by atoms with van der Waals surface area (Å²) in [5, 5.41) is 19.3. The van der Waals surface area contributed by atoms with Crippen LogP contribution in [0, 0.1) is 10.1 Å². The number of benzene rings is 2. The fraction of sp³-hybridized carbons (Fsp3) is 0.125. The van der Waals surface area contributed by atoms with E-state index in [9.17, 15) is 10.1 Å². The number of nitro groups is 1. The Morgan fingerprint density at radius 2 is 1.91 bits per heavy atom. The van der Waals surface area contributed by atoms with Gasteiger partial charge in [-0.3, -0.25) is 10.1 Å². The summed E-state index contributed by atoms with van der Waals surface area (Å²) in [7, 11) is 0. The Bertz CT molecular complexity index is 820. The molecule has 0 saturated heterocycles. The lowest BCUT2D eigenvalue weighted by molar-refractivity contribution is -0.384. The van der Waals surface area contributed by atoms with Gasteiger partial charge in [-0.1, -0.05) is 42.1 Å². The minimum absolute atomic E-state index is 0.0426. The molecule has 0 radical (unpaired) electrons. The third-order valence-corrected chi connectivity index (χ3v) is 4.25. The van der Waals surface area contributed by atoms with Crippen LogP contribution in [0.25, 0.3) is 11.5 Å². The van der Waals surface area contributed by atoms with Gasteiger partial charge in [-0.05, 0) is 24.6 Å². The van der Waals surface area contributed by atoms with Gasteiger partial charge in [0.2, 0.25) is 5.89 Å². The van der Waals surface area contributed by atoms with Gasteiger partial charge in [0.15, 0.2) is 0 Å². The monoisotopic (exact) mass is 327 g/mol. The lowest BCUT2D eigenvalue weighted by atomic mass is 10.1. The van der Waals surface area contributed by atoms with E-state index in [-0.39, 0.29) is 10.9 Å². The summed E-state index contributed by atoms with van der Waals surface area (Å²) in [5.41, 5.74) is 1.77. The molecule has 0 aliphatic rings. The van der Waals surface area contributed by atoms with Crippen LogP contribution in [0.3, 0.4) is 0 Å². The van der Waals surface area contributed by atoms with E-state index in [4.69, 9.17) is 4.42 Å². The van der Waals surface area contributed by atoms with Gasteiger partial charge in [-0.15, -0.1) is 10.2 Å². The lowest BCUT2D eigenvalue weighted by Crippen LogP contribution is -1.92. The first-order valence-corrected chi connectivity index (χ1v) is 7.81. The molecule has 2 aromatic carbocycles. The number of aromatic nitrogens is 2. The van der Waals surface area contributed by atoms with Crippen molar-refractivity contribution in [2.75, 3.05) is 0 Å². The van der Waals surface area contributed by atoms with Crippen LogP contribution in [-0.4, -0.2) is 15.1 Å². The Morgan fingerprint density at radius 1 is 1.13 bits per heavy atom. The summed E-state index contributed by atoms with van der Waals surface area (Å²) in [5.74, 6) is 0.458. The average Bonchev–Trinajstić information content (AvgIpc) is 3.04. The zero-order valence-electron chi connectivity index (χ0n) is 12.2. The predicted molar refractivity (Wildman–Crippen MR) is 87.1 cm³/mol. The molecule has 0 aliphatic carbocycles. The van der Waals surface area contributed by atoms with E-state index in [2.05, 4.69) is 10.2 Å². The molecule has 0 amide bonds. The van der Waals surface area contributed by atoms with Gasteiger partial charge in [0.25, 0.3) is 10.9 Å². The Balaban J connectivity index is 1.76. The number of hydrogen-bond donors (Lipinski definition) is 0. The van der Waals surface area contributed by atoms with E-state index < -0.39 is 4.92 Å². The van der Waals surface area contributed by atoms with E-state index >= 15 is 0 Å². The molecule has 7 heteroatoms. The number of nitro benzene ring substituents is 1. The Labute approximate surface area is 136 Å². The van der Waals surface area contributed by atoms with Crippen molar-refractivity contribution < 1.29 is 9.34 Å². The molecule has 0 aliphatic heterocycles. The van der Waals surface area contributed by atoms with E-state index in [0.717, 1.165) is 11.1 Å². The van der Waals surface area contributed by atoms with Gasteiger partial charge in [-0.2, -0.15) is 0 Å². The number of non-ortho nitro benzene ring substituents is 1. The molecule has 0 fully saturated rings. The summed E-state index contributed by atoms with van der Waals surface area (Å²) in [6.45, 7) is 1.94. The summed E-state index contributed by atoms with van der Waals surface area (Å²) < 4.78 is 5.65. The Kier molecular flexibility index (Phi) is 4.38. The van der Waals surface area contributed by atoms with Crippen molar-refractivity contribution in [2.24, 2.45) is 0 Å². The predicted octanol–water partition coefficient (Wildman–Crippen LogP) is 4.50. The topological polar surface area (TPSA) is 82.1 Å². The molecule has 6 nitrogen and oxygen atoms in total. The molecule has 1 aromatic heterocycles. The molecule has 0 spiro atoms. The summed E-state index contributed by atoms with van der Waals surface area (Å²) >= 11 is 1.37. The van der Waals surface area contributed by atoms with Crippen LogP contribution in [0.15, 0.2) is 64.2 Å². The van der Waals surface area contributed by atoms with Crippen LogP contribution in [-0.2, 0) is 0 Å². The van der Waals surface area contributed by atoms with E-state index in [0.29, 0.717) is 11.1 Å². The summed E-state index contributed by atoms with van der Waals surface area (Å²) in [6, 6.07) is 16.1. The quantitative estimate of drug-likeness (QED) is 0.390. The SMILES string of the molecule is CC(Sc1nnc(-c2ccccc2)o1)c1cccc([N+](=O)[O-])c1. The van der Waals surface area contributed by atoms with Crippen molar-refractivity contribution in [3.63, 3.8) is 0 Å². The molecular weight excluding hydrogens is 314 g/mol. The average molecular weight is 327 g/mol. The van der Waals surface area contributed by atoms with Crippen molar-refractivity contribution in [2.45, 2.75) is 17.4 Å². The van der Waals surface area contributed by atoms with Crippen molar-refractivity contribution in [1.29, 1.82) is 0 Å². The third-order valence-electron chi connectivity index (χ3n) is 3.26. The van der Waals surface area contributed by atoms with Crippen molar-refractivity contribution >= 4 is 17.4 Å². The molecule has 3 rings (SSSR count). The second kappa shape index (κ2) is 6.62. The maximum absolute atomic E-state index is 10.9. The van der Waals surface area contributed by atoms with Crippen LogP contribution < -0.4 is 0 Å². The molecule has 1 unspecified atom stereocenters. The Morgan fingerprint density at radius 3 is 2.65 bits per heavy atom. The van der Waals surface area contributed by atoms with Crippen LogP contribution >= 0.6 is 11.8 Å². The number of nitrogens with zero attached hydrogens (tertiary/aromatic N) is 3. The first-order valence-electron chi connectivity index (χ1n) is 6.93. The molecule has 23 heavy (non-hydrogen) atoms. The van der Waals surface area contributed by atoms with Crippen molar-refractivity contribution in [1.82, 2.24) is 10.2 Å². The number of thioether (sulfide) groups is 1. The van der Waals surface area contributed by atoms with Crippen molar-refractivity contribution in [3.05, 3.63) is 70.3 Å². The summed E-state index contributed by atoms with van der Waals surface area (Å²) in [4.78, 5) is 10.5. The van der Waals surface area contributed by atoms with Gasteiger partial charge < -0.3 is 4.42 Å². The highest BCUT2D eigenvalue weighted by molar-refractivity contribution is 7.99. The minimum atomic E-state index is -0.402. The Hall–Kier alpha value is -2.67. The van der Waals surface area contributed by atoms with Crippen LogP contribution in [0.5, 0.6) is 0 Å². The van der Waals surface area contributed by atoms with Gasteiger partial charge in [0, 0.05) is 22.9 Å². The standard InChI is InChI=1S/C16H13N3O3S/c1-11(13-8-5-9-14(10-13)19(20)21)23-16-18-17-15(22-16)12-6-3-2-4-7-12/h2-11H,1H3. The van der Waals surface area contributed by atoms with E-state index in [1.807, 2.05) is 43.3 Å². The van der Waals surface area contributed by atoms with Gasteiger partial charge >= 0.3 is 0 Å². The molecule has 0 saturated carbocycles.